The summed E-state index contributed by atoms with van der Waals surface area (Å²) in [6, 6.07) is 0. The summed E-state index contributed by atoms with van der Waals surface area (Å²) in [6.45, 7) is -0.510. The molecule has 0 radical (unpaired) electrons. The number of nitrogens with zero attached hydrogens (tertiary/aromatic N) is 4. The Balaban J connectivity index is 2.50. The van der Waals surface area contributed by atoms with Crippen molar-refractivity contribution in [3.63, 3.8) is 0 Å². The summed E-state index contributed by atoms with van der Waals surface area (Å²) in [5, 5.41) is 4.24. The molecule has 2 aromatic rings. The SMILES string of the molecule is FC(F)Cn1cc2c(Cl)nc(Cl)nc2n1. The minimum absolute atomic E-state index is 0.0604. The van der Waals surface area contributed by atoms with E-state index < -0.39 is 13.0 Å². The molecule has 4 nitrogen and oxygen atoms in total. The summed E-state index contributed by atoms with van der Waals surface area (Å²) in [5.41, 5.74) is 0.209. The van der Waals surface area contributed by atoms with E-state index in [1.165, 1.54) is 6.20 Å². The Kier molecular flexibility index (Phi) is 2.70. The first-order valence-corrected chi connectivity index (χ1v) is 4.66. The highest BCUT2D eigenvalue weighted by molar-refractivity contribution is 6.35. The van der Waals surface area contributed by atoms with Crippen molar-refractivity contribution in [3.8, 4) is 0 Å². The summed E-state index contributed by atoms with van der Waals surface area (Å²) in [5.74, 6) is 0. The lowest BCUT2D eigenvalue weighted by atomic mass is 10.4. The quantitative estimate of drug-likeness (QED) is 0.609. The summed E-state index contributed by atoms with van der Waals surface area (Å²) < 4.78 is 25.2. The molecule has 80 valence electrons. The van der Waals surface area contributed by atoms with Crippen LogP contribution in [0.5, 0.6) is 0 Å². The number of fused-ring (bicyclic) bond motifs is 1. The van der Waals surface area contributed by atoms with E-state index in [0.717, 1.165) is 4.68 Å². The van der Waals surface area contributed by atoms with Crippen LogP contribution in [0.25, 0.3) is 11.0 Å². The standard InChI is InChI=1S/C7H4Cl2F2N4/c8-5-3-1-15(2-4(10)11)14-6(3)13-7(9)12-5/h1,4H,2H2. The van der Waals surface area contributed by atoms with Gasteiger partial charge in [0.1, 0.15) is 11.7 Å². The molecule has 0 aliphatic rings. The van der Waals surface area contributed by atoms with E-state index >= 15 is 0 Å². The Morgan fingerprint density at radius 3 is 2.73 bits per heavy atom. The first kappa shape index (κ1) is 10.5. The highest BCUT2D eigenvalue weighted by Crippen LogP contribution is 2.20. The van der Waals surface area contributed by atoms with Gasteiger partial charge in [-0.05, 0) is 11.6 Å². The minimum Gasteiger partial charge on any atom is -0.264 e. The summed E-state index contributed by atoms with van der Waals surface area (Å²) in [6.07, 6.45) is -1.12. The second kappa shape index (κ2) is 3.86. The monoisotopic (exact) mass is 252 g/mol. The zero-order valence-corrected chi connectivity index (χ0v) is 8.67. The van der Waals surface area contributed by atoms with Gasteiger partial charge in [-0.15, -0.1) is 0 Å². The van der Waals surface area contributed by atoms with Crippen molar-refractivity contribution in [2.24, 2.45) is 0 Å². The van der Waals surface area contributed by atoms with Crippen molar-refractivity contribution < 1.29 is 8.78 Å². The minimum atomic E-state index is -2.48. The van der Waals surface area contributed by atoms with Gasteiger partial charge < -0.3 is 0 Å². The maximum absolute atomic E-state index is 12.1. The number of hydrogen-bond donors (Lipinski definition) is 0. The highest BCUT2D eigenvalue weighted by Gasteiger charge is 2.11. The van der Waals surface area contributed by atoms with Gasteiger partial charge in [0.05, 0.1) is 5.39 Å². The second-order valence-corrected chi connectivity index (χ2v) is 3.46. The van der Waals surface area contributed by atoms with E-state index in [9.17, 15) is 8.78 Å². The maximum atomic E-state index is 12.1. The van der Waals surface area contributed by atoms with Crippen LogP contribution in [0.15, 0.2) is 6.20 Å². The molecule has 0 spiro atoms. The molecular formula is C7H4Cl2F2N4. The predicted octanol–water partition coefficient (Wildman–Crippen LogP) is 2.40. The average Bonchev–Trinajstić information content (AvgIpc) is 2.45. The van der Waals surface area contributed by atoms with Gasteiger partial charge in [-0.3, -0.25) is 4.68 Å². The van der Waals surface area contributed by atoms with Crippen LogP contribution in [0.2, 0.25) is 10.4 Å². The normalized spacial score (nSPS) is 11.5. The number of rotatable bonds is 2. The van der Waals surface area contributed by atoms with Crippen molar-refractivity contribution in [1.82, 2.24) is 19.7 Å². The first-order chi connectivity index (χ1) is 7.06. The Labute approximate surface area is 92.8 Å². The Bertz CT molecular complexity index is 499. The Morgan fingerprint density at radius 2 is 2.07 bits per heavy atom. The Morgan fingerprint density at radius 1 is 1.33 bits per heavy atom. The van der Waals surface area contributed by atoms with Crippen molar-refractivity contribution in [3.05, 3.63) is 16.6 Å². The zero-order chi connectivity index (χ0) is 11.0. The molecule has 0 fully saturated rings. The lowest BCUT2D eigenvalue weighted by molar-refractivity contribution is 0.122. The lowest BCUT2D eigenvalue weighted by Crippen LogP contribution is -2.06. The molecule has 0 bridgehead atoms. The molecule has 0 aliphatic heterocycles. The van der Waals surface area contributed by atoms with Crippen LogP contribution in [0.1, 0.15) is 0 Å². The first-order valence-electron chi connectivity index (χ1n) is 3.90. The predicted molar refractivity (Wildman–Crippen MR) is 51.3 cm³/mol. The second-order valence-electron chi connectivity index (χ2n) is 2.76. The van der Waals surface area contributed by atoms with E-state index in [1.54, 1.807) is 0 Å². The molecule has 0 unspecified atom stereocenters. The van der Waals surface area contributed by atoms with Gasteiger partial charge in [-0.2, -0.15) is 10.1 Å². The van der Waals surface area contributed by atoms with Gasteiger partial charge in [-0.1, -0.05) is 11.6 Å². The average molecular weight is 253 g/mol. The van der Waals surface area contributed by atoms with Crippen LogP contribution in [0.4, 0.5) is 8.78 Å². The topological polar surface area (TPSA) is 43.6 Å². The van der Waals surface area contributed by atoms with Crippen LogP contribution in [-0.4, -0.2) is 26.2 Å². The molecule has 0 atom stereocenters. The molecule has 0 aromatic carbocycles. The molecule has 0 aliphatic carbocycles. The van der Waals surface area contributed by atoms with Gasteiger partial charge in [0, 0.05) is 6.20 Å². The van der Waals surface area contributed by atoms with Crippen LogP contribution in [0.3, 0.4) is 0 Å². The number of aromatic nitrogens is 4. The molecule has 2 aromatic heterocycles. The van der Waals surface area contributed by atoms with Gasteiger partial charge in [0.25, 0.3) is 6.43 Å². The van der Waals surface area contributed by atoms with Crippen LogP contribution >= 0.6 is 23.2 Å². The number of halogens is 4. The largest absolute Gasteiger partial charge is 0.264 e. The molecular weight excluding hydrogens is 249 g/mol. The Hall–Kier alpha value is -1.01. The molecule has 0 saturated heterocycles. The smallest absolute Gasteiger partial charge is 0.257 e. The van der Waals surface area contributed by atoms with Crippen molar-refractivity contribution in [2.75, 3.05) is 0 Å². The third kappa shape index (κ3) is 2.15. The fourth-order valence-electron chi connectivity index (χ4n) is 1.13. The van der Waals surface area contributed by atoms with E-state index in [-0.39, 0.29) is 16.1 Å². The number of alkyl halides is 2. The van der Waals surface area contributed by atoms with E-state index in [4.69, 9.17) is 23.2 Å². The highest BCUT2D eigenvalue weighted by atomic mass is 35.5. The molecule has 0 saturated carbocycles. The van der Waals surface area contributed by atoms with Gasteiger partial charge in [-0.25, -0.2) is 13.8 Å². The van der Waals surface area contributed by atoms with E-state index in [2.05, 4.69) is 15.1 Å². The van der Waals surface area contributed by atoms with Crippen molar-refractivity contribution in [1.29, 1.82) is 0 Å². The van der Waals surface area contributed by atoms with E-state index in [1.807, 2.05) is 0 Å². The van der Waals surface area contributed by atoms with Gasteiger partial charge in [0.2, 0.25) is 5.28 Å². The lowest BCUT2D eigenvalue weighted by Gasteiger charge is -1.96. The van der Waals surface area contributed by atoms with Crippen LogP contribution in [0, 0.1) is 0 Å². The molecule has 2 heterocycles. The fraction of sp³-hybridized carbons (Fsp3) is 0.286. The van der Waals surface area contributed by atoms with Crippen molar-refractivity contribution in [2.45, 2.75) is 13.0 Å². The molecule has 15 heavy (non-hydrogen) atoms. The van der Waals surface area contributed by atoms with E-state index in [0.29, 0.717) is 5.39 Å². The fourth-order valence-corrected chi connectivity index (χ4v) is 1.55. The van der Waals surface area contributed by atoms with Crippen LogP contribution in [-0.2, 0) is 6.54 Å². The molecule has 0 N–H and O–H groups in total. The van der Waals surface area contributed by atoms with Crippen LogP contribution < -0.4 is 0 Å². The molecule has 2 rings (SSSR count). The molecule has 8 heteroatoms. The third-order valence-corrected chi connectivity index (χ3v) is 2.14. The summed E-state index contributed by atoms with van der Waals surface area (Å²) in [4.78, 5) is 7.43. The number of hydrogen-bond acceptors (Lipinski definition) is 3. The van der Waals surface area contributed by atoms with Crippen molar-refractivity contribution >= 4 is 34.2 Å². The van der Waals surface area contributed by atoms with Gasteiger partial charge in [0.15, 0.2) is 5.65 Å². The zero-order valence-electron chi connectivity index (χ0n) is 7.16. The summed E-state index contributed by atoms with van der Waals surface area (Å²) >= 11 is 11.3. The molecule has 0 amide bonds. The maximum Gasteiger partial charge on any atom is 0.257 e. The third-order valence-electron chi connectivity index (χ3n) is 1.68. The van der Waals surface area contributed by atoms with Gasteiger partial charge >= 0.3 is 0 Å². The summed E-state index contributed by atoms with van der Waals surface area (Å²) in [7, 11) is 0.